The van der Waals surface area contributed by atoms with Crippen molar-refractivity contribution >= 4 is 11.4 Å². The number of nitrogens with one attached hydrogen (secondary N) is 1. The van der Waals surface area contributed by atoms with Gasteiger partial charge in [-0.05, 0) is 24.0 Å². The predicted molar refractivity (Wildman–Crippen MR) is 65.2 cm³/mol. The Bertz CT molecular complexity index is 420. The molecule has 0 aliphatic carbocycles. The van der Waals surface area contributed by atoms with E-state index in [1.807, 2.05) is 12.1 Å². The zero-order chi connectivity index (χ0) is 11.8. The smallest absolute Gasteiger partial charge is 0.269 e. The minimum atomic E-state index is -0.355. The van der Waals surface area contributed by atoms with Gasteiger partial charge in [0.05, 0.1) is 4.92 Å². The third kappa shape index (κ3) is 1.86. The average Bonchev–Trinajstić information content (AvgIpc) is 2.89. The van der Waals surface area contributed by atoms with Crippen LogP contribution in [0.5, 0.6) is 0 Å². The number of hydrogen-bond acceptors (Lipinski definition) is 4. The van der Waals surface area contributed by atoms with Crippen molar-refractivity contribution in [2.24, 2.45) is 11.8 Å². The molecule has 2 atom stereocenters. The van der Waals surface area contributed by atoms with E-state index in [1.165, 1.54) is 0 Å². The van der Waals surface area contributed by atoms with Crippen molar-refractivity contribution in [3.8, 4) is 0 Å². The molecule has 0 radical (unpaired) electrons. The lowest BCUT2D eigenvalue weighted by molar-refractivity contribution is -0.384. The first-order valence-electron chi connectivity index (χ1n) is 5.94. The molecule has 90 valence electrons. The molecule has 0 bridgehead atoms. The summed E-state index contributed by atoms with van der Waals surface area (Å²) < 4.78 is 0. The fourth-order valence-corrected chi connectivity index (χ4v) is 2.85. The van der Waals surface area contributed by atoms with Gasteiger partial charge in [0.15, 0.2) is 0 Å². The van der Waals surface area contributed by atoms with Crippen LogP contribution in [0.2, 0.25) is 0 Å². The zero-order valence-corrected chi connectivity index (χ0v) is 9.50. The molecular formula is C12H15N3O2. The van der Waals surface area contributed by atoms with Crippen LogP contribution >= 0.6 is 0 Å². The Kier molecular flexibility index (Phi) is 2.48. The molecule has 0 amide bonds. The number of non-ortho nitro benzene ring substituents is 1. The number of anilines is 1. The summed E-state index contributed by atoms with van der Waals surface area (Å²) in [5.41, 5.74) is 1.26. The average molecular weight is 233 g/mol. The van der Waals surface area contributed by atoms with Gasteiger partial charge >= 0.3 is 0 Å². The van der Waals surface area contributed by atoms with E-state index in [0.717, 1.165) is 43.7 Å². The number of nitrogens with zero attached hydrogens (tertiary/aromatic N) is 2. The molecule has 2 saturated heterocycles. The van der Waals surface area contributed by atoms with Gasteiger partial charge in [-0.15, -0.1) is 0 Å². The Hall–Kier alpha value is -1.62. The number of fused-ring (bicyclic) bond motifs is 1. The van der Waals surface area contributed by atoms with Crippen molar-refractivity contribution in [2.45, 2.75) is 0 Å². The summed E-state index contributed by atoms with van der Waals surface area (Å²) in [5.74, 6) is 1.48. The number of benzene rings is 1. The summed E-state index contributed by atoms with van der Waals surface area (Å²) in [6.07, 6.45) is 0. The summed E-state index contributed by atoms with van der Waals surface area (Å²) in [5, 5.41) is 14.0. The summed E-state index contributed by atoms with van der Waals surface area (Å²) in [6.45, 7) is 4.34. The Morgan fingerprint density at radius 3 is 2.29 bits per heavy atom. The van der Waals surface area contributed by atoms with Crippen molar-refractivity contribution in [3.63, 3.8) is 0 Å². The molecule has 1 aromatic carbocycles. The van der Waals surface area contributed by atoms with Gasteiger partial charge in [0, 0.05) is 44.0 Å². The number of nitro benzene ring substituents is 1. The van der Waals surface area contributed by atoms with Gasteiger partial charge in [-0.25, -0.2) is 0 Å². The largest absolute Gasteiger partial charge is 0.371 e. The van der Waals surface area contributed by atoms with Crippen molar-refractivity contribution in [2.75, 3.05) is 31.1 Å². The van der Waals surface area contributed by atoms with E-state index in [-0.39, 0.29) is 10.6 Å². The van der Waals surface area contributed by atoms with Crippen LogP contribution in [0.4, 0.5) is 11.4 Å². The van der Waals surface area contributed by atoms with Gasteiger partial charge in [0.1, 0.15) is 0 Å². The van der Waals surface area contributed by atoms with Crippen molar-refractivity contribution in [3.05, 3.63) is 34.4 Å². The van der Waals surface area contributed by atoms with Crippen molar-refractivity contribution < 1.29 is 4.92 Å². The molecule has 17 heavy (non-hydrogen) atoms. The standard InChI is InChI=1S/C12H15N3O2/c16-15(17)12-3-1-11(2-4-12)14-7-9-5-13-6-10(9)8-14/h1-4,9-10,13H,5-8H2. The van der Waals surface area contributed by atoms with Crippen molar-refractivity contribution in [1.29, 1.82) is 0 Å². The lowest BCUT2D eigenvalue weighted by Crippen LogP contribution is -2.25. The van der Waals surface area contributed by atoms with E-state index in [0.29, 0.717) is 0 Å². The second-order valence-corrected chi connectivity index (χ2v) is 4.86. The number of nitro groups is 1. The Balaban J connectivity index is 1.75. The van der Waals surface area contributed by atoms with E-state index < -0.39 is 0 Å². The third-order valence-electron chi connectivity index (χ3n) is 3.82. The third-order valence-corrected chi connectivity index (χ3v) is 3.82. The first-order valence-corrected chi connectivity index (χ1v) is 5.94. The molecule has 0 aromatic heterocycles. The van der Waals surface area contributed by atoms with E-state index >= 15 is 0 Å². The molecule has 2 aliphatic heterocycles. The van der Waals surface area contributed by atoms with E-state index in [2.05, 4.69) is 10.2 Å². The van der Waals surface area contributed by atoms with E-state index in [4.69, 9.17) is 0 Å². The molecule has 1 aromatic rings. The summed E-state index contributed by atoms with van der Waals surface area (Å²) in [4.78, 5) is 12.6. The van der Waals surface area contributed by atoms with Crippen LogP contribution in [0.25, 0.3) is 0 Å². The molecule has 2 unspecified atom stereocenters. The fraction of sp³-hybridized carbons (Fsp3) is 0.500. The summed E-state index contributed by atoms with van der Waals surface area (Å²) in [6, 6.07) is 6.88. The molecule has 3 rings (SSSR count). The molecule has 0 spiro atoms. The van der Waals surface area contributed by atoms with E-state index in [9.17, 15) is 10.1 Å². The lowest BCUT2D eigenvalue weighted by atomic mass is 10.0. The van der Waals surface area contributed by atoms with Crippen LogP contribution in [0.15, 0.2) is 24.3 Å². The van der Waals surface area contributed by atoms with Gasteiger partial charge in [0.25, 0.3) is 5.69 Å². The van der Waals surface area contributed by atoms with Crippen LogP contribution in [0, 0.1) is 22.0 Å². The van der Waals surface area contributed by atoms with Gasteiger partial charge in [-0.3, -0.25) is 10.1 Å². The Morgan fingerprint density at radius 2 is 1.76 bits per heavy atom. The first kappa shape index (κ1) is 10.5. The van der Waals surface area contributed by atoms with E-state index in [1.54, 1.807) is 12.1 Å². The highest BCUT2D eigenvalue weighted by Crippen LogP contribution is 2.31. The lowest BCUT2D eigenvalue weighted by Gasteiger charge is -2.19. The zero-order valence-electron chi connectivity index (χ0n) is 9.50. The Morgan fingerprint density at radius 1 is 1.18 bits per heavy atom. The maximum absolute atomic E-state index is 10.6. The molecule has 5 nitrogen and oxygen atoms in total. The van der Waals surface area contributed by atoms with Gasteiger partial charge < -0.3 is 10.2 Å². The minimum absolute atomic E-state index is 0.162. The summed E-state index contributed by atoms with van der Waals surface area (Å²) >= 11 is 0. The normalized spacial score (nSPS) is 27.2. The highest BCUT2D eigenvalue weighted by atomic mass is 16.6. The van der Waals surface area contributed by atoms with Gasteiger partial charge in [-0.1, -0.05) is 0 Å². The summed E-state index contributed by atoms with van der Waals surface area (Å²) in [7, 11) is 0. The molecule has 1 N–H and O–H groups in total. The Labute approximate surface area is 99.6 Å². The van der Waals surface area contributed by atoms with Crippen LogP contribution in [-0.4, -0.2) is 31.1 Å². The maximum atomic E-state index is 10.6. The monoisotopic (exact) mass is 233 g/mol. The van der Waals surface area contributed by atoms with Gasteiger partial charge in [0.2, 0.25) is 0 Å². The predicted octanol–water partition coefficient (Wildman–Crippen LogP) is 1.25. The maximum Gasteiger partial charge on any atom is 0.269 e. The van der Waals surface area contributed by atoms with Crippen LogP contribution in [-0.2, 0) is 0 Å². The molecule has 2 heterocycles. The molecule has 2 fully saturated rings. The SMILES string of the molecule is O=[N+]([O-])c1ccc(N2CC3CNCC3C2)cc1. The second kappa shape index (κ2) is 4.00. The second-order valence-electron chi connectivity index (χ2n) is 4.86. The minimum Gasteiger partial charge on any atom is -0.371 e. The fourth-order valence-electron chi connectivity index (χ4n) is 2.85. The molecule has 2 aliphatic rings. The van der Waals surface area contributed by atoms with Gasteiger partial charge in [-0.2, -0.15) is 0 Å². The topological polar surface area (TPSA) is 58.4 Å². The van der Waals surface area contributed by atoms with Crippen LogP contribution in [0.1, 0.15) is 0 Å². The highest BCUT2D eigenvalue weighted by molar-refractivity contribution is 5.51. The van der Waals surface area contributed by atoms with Crippen LogP contribution in [0.3, 0.4) is 0 Å². The van der Waals surface area contributed by atoms with Crippen LogP contribution < -0.4 is 10.2 Å². The number of hydrogen-bond donors (Lipinski definition) is 1. The van der Waals surface area contributed by atoms with Crippen molar-refractivity contribution in [1.82, 2.24) is 5.32 Å². The highest BCUT2D eigenvalue weighted by Gasteiger charge is 2.36. The number of rotatable bonds is 2. The molecule has 5 heteroatoms. The quantitative estimate of drug-likeness (QED) is 0.617. The molecular weight excluding hydrogens is 218 g/mol. The first-order chi connectivity index (χ1) is 8.24. The molecule has 0 saturated carbocycles.